The highest BCUT2D eigenvalue weighted by Crippen LogP contribution is 2.40. The molecule has 0 saturated carbocycles. The summed E-state index contributed by atoms with van der Waals surface area (Å²) in [5.74, 6) is 1.53. The number of nitrogens with zero attached hydrogens (tertiary/aromatic N) is 1. The molecule has 0 aromatic heterocycles. The van der Waals surface area contributed by atoms with Crippen LogP contribution >= 0.6 is 0 Å². The summed E-state index contributed by atoms with van der Waals surface area (Å²) in [5, 5.41) is 0. The van der Waals surface area contributed by atoms with Gasteiger partial charge in [0.25, 0.3) is 10.2 Å². The molecule has 0 fully saturated rings. The van der Waals surface area contributed by atoms with Crippen molar-refractivity contribution in [2.45, 2.75) is 25.9 Å². The minimum absolute atomic E-state index is 0.184. The molecule has 0 aliphatic heterocycles. The van der Waals surface area contributed by atoms with Crippen LogP contribution in [0, 0.1) is 0 Å². The second kappa shape index (κ2) is 9.23. The zero-order valence-electron chi connectivity index (χ0n) is 15.9. The van der Waals surface area contributed by atoms with E-state index in [1.165, 1.54) is 7.11 Å². The molecule has 2 N–H and O–H groups in total. The highest BCUT2D eigenvalue weighted by molar-refractivity contribution is 7.87. The van der Waals surface area contributed by atoms with Crippen molar-refractivity contribution in [2.24, 2.45) is 0 Å². The van der Waals surface area contributed by atoms with E-state index >= 15 is 0 Å². The third-order valence-electron chi connectivity index (χ3n) is 3.55. The molecule has 0 amide bonds. The molecule has 1 aromatic rings. The Kier molecular flexibility index (Phi) is 7.94. The Bertz CT molecular complexity index is 637. The first-order valence-corrected chi connectivity index (χ1v) is 9.36. The summed E-state index contributed by atoms with van der Waals surface area (Å²) < 4.78 is 45.2. The molecule has 9 heteroatoms. The first-order chi connectivity index (χ1) is 11.6. The van der Waals surface area contributed by atoms with Crippen LogP contribution in [-0.4, -0.2) is 61.3 Å². The van der Waals surface area contributed by atoms with Gasteiger partial charge >= 0.3 is 0 Å². The number of hydrogen-bond donors (Lipinski definition) is 2. The lowest BCUT2D eigenvalue weighted by Gasteiger charge is -2.26. The van der Waals surface area contributed by atoms with Crippen molar-refractivity contribution in [2.75, 3.05) is 42.0 Å². The predicted molar refractivity (Wildman–Crippen MR) is 97.7 cm³/mol. The van der Waals surface area contributed by atoms with Gasteiger partial charge < -0.3 is 19.1 Å². The molecular formula is C16H29N3O5S. The van der Waals surface area contributed by atoms with Gasteiger partial charge in [0.05, 0.1) is 21.3 Å². The minimum atomic E-state index is -3.58. The standard InChI is InChI=1S/C16H29N3O5S/c1-11(2)18-25(20,21)17-10-13(19(3)4)12-8-14(22-5)16(24-7)15(9-12)23-6/h8-9,11,13,17-18H,10H2,1-7H3. The number of nitrogens with one attached hydrogen (secondary N) is 2. The summed E-state index contributed by atoms with van der Waals surface area (Å²) in [6.07, 6.45) is 0. The first-order valence-electron chi connectivity index (χ1n) is 7.88. The van der Waals surface area contributed by atoms with Crippen LogP contribution in [0.25, 0.3) is 0 Å². The summed E-state index contributed by atoms with van der Waals surface area (Å²) in [7, 11) is 4.79. The molecule has 0 radical (unpaired) electrons. The minimum Gasteiger partial charge on any atom is -0.493 e. The van der Waals surface area contributed by atoms with Gasteiger partial charge in [0.1, 0.15) is 0 Å². The van der Waals surface area contributed by atoms with Crippen LogP contribution in [0.1, 0.15) is 25.5 Å². The molecular weight excluding hydrogens is 346 g/mol. The molecule has 0 bridgehead atoms. The molecule has 0 saturated heterocycles. The van der Waals surface area contributed by atoms with E-state index in [0.29, 0.717) is 17.2 Å². The Hall–Kier alpha value is -1.55. The van der Waals surface area contributed by atoms with E-state index in [-0.39, 0.29) is 18.6 Å². The normalized spacial score (nSPS) is 13.2. The van der Waals surface area contributed by atoms with Gasteiger partial charge in [-0.15, -0.1) is 0 Å². The fraction of sp³-hybridized carbons (Fsp3) is 0.625. The Morgan fingerprint density at radius 1 is 1.04 bits per heavy atom. The van der Waals surface area contributed by atoms with E-state index in [0.717, 1.165) is 5.56 Å². The van der Waals surface area contributed by atoms with Gasteiger partial charge in [-0.3, -0.25) is 0 Å². The van der Waals surface area contributed by atoms with Crippen LogP contribution in [0.5, 0.6) is 17.2 Å². The van der Waals surface area contributed by atoms with Crippen LogP contribution in [-0.2, 0) is 10.2 Å². The summed E-state index contributed by atoms with van der Waals surface area (Å²) >= 11 is 0. The summed E-state index contributed by atoms with van der Waals surface area (Å²) in [6, 6.07) is 3.22. The van der Waals surface area contributed by atoms with Crippen molar-refractivity contribution in [3.05, 3.63) is 17.7 Å². The van der Waals surface area contributed by atoms with Gasteiger partial charge in [0.15, 0.2) is 11.5 Å². The monoisotopic (exact) mass is 375 g/mol. The van der Waals surface area contributed by atoms with Crippen molar-refractivity contribution >= 4 is 10.2 Å². The first kappa shape index (κ1) is 21.5. The number of benzene rings is 1. The lowest BCUT2D eigenvalue weighted by molar-refractivity contribution is 0.292. The highest BCUT2D eigenvalue weighted by Gasteiger charge is 2.22. The number of likely N-dealkylation sites (N-methyl/N-ethyl adjacent to an activating group) is 1. The van der Waals surface area contributed by atoms with Crippen molar-refractivity contribution in [1.82, 2.24) is 14.3 Å². The van der Waals surface area contributed by atoms with E-state index in [1.807, 2.05) is 31.1 Å². The molecule has 0 spiro atoms. The second-order valence-electron chi connectivity index (χ2n) is 6.06. The van der Waals surface area contributed by atoms with Crippen molar-refractivity contribution in [3.63, 3.8) is 0 Å². The Labute approximate surface area is 150 Å². The highest BCUT2D eigenvalue weighted by atomic mass is 32.2. The maximum absolute atomic E-state index is 12.0. The quantitative estimate of drug-likeness (QED) is 0.638. The fourth-order valence-corrected chi connectivity index (χ4v) is 3.51. The third-order valence-corrected chi connectivity index (χ3v) is 4.88. The van der Waals surface area contributed by atoms with Gasteiger partial charge in [0.2, 0.25) is 5.75 Å². The average Bonchev–Trinajstić information content (AvgIpc) is 2.52. The van der Waals surface area contributed by atoms with Crippen LogP contribution in [0.3, 0.4) is 0 Å². The van der Waals surface area contributed by atoms with E-state index in [9.17, 15) is 8.42 Å². The number of ether oxygens (including phenoxy) is 3. The molecule has 0 aliphatic carbocycles. The molecule has 8 nitrogen and oxygen atoms in total. The van der Waals surface area contributed by atoms with Gasteiger partial charge in [-0.25, -0.2) is 4.72 Å². The maximum Gasteiger partial charge on any atom is 0.277 e. The Morgan fingerprint density at radius 2 is 1.56 bits per heavy atom. The second-order valence-corrected chi connectivity index (χ2v) is 7.59. The largest absolute Gasteiger partial charge is 0.493 e. The molecule has 1 unspecified atom stereocenters. The SMILES string of the molecule is COc1cc(C(CNS(=O)(=O)NC(C)C)N(C)C)cc(OC)c1OC. The summed E-state index contributed by atoms with van der Waals surface area (Å²) in [4.78, 5) is 1.92. The van der Waals surface area contributed by atoms with E-state index < -0.39 is 10.2 Å². The number of hydrogen-bond acceptors (Lipinski definition) is 6. The van der Waals surface area contributed by atoms with Crippen molar-refractivity contribution < 1.29 is 22.6 Å². The van der Waals surface area contributed by atoms with Gasteiger partial charge in [0, 0.05) is 18.6 Å². The molecule has 1 atom stereocenters. The van der Waals surface area contributed by atoms with Crippen LogP contribution < -0.4 is 23.7 Å². The Balaban J connectivity index is 3.15. The maximum atomic E-state index is 12.0. The number of rotatable bonds is 10. The molecule has 1 rings (SSSR count). The van der Waals surface area contributed by atoms with Gasteiger partial charge in [-0.2, -0.15) is 13.1 Å². The molecule has 25 heavy (non-hydrogen) atoms. The van der Waals surface area contributed by atoms with Crippen molar-refractivity contribution in [3.8, 4) is 17.2 Å². The van der Waals surface area contributed by atoms with Gasteiger partial charge in [-0.1, -0.05) is 0 Å². The topological polar surface area (TPSA) is 89.1 Å². The molecule has 1 aromatic carbocycles. The van der Waals surface area contributed by atoms with Crippen LogP contribution in [0.4, 0.5) is 0 Å². The molecule has 144 valence electrons. The lowest BCUT2D eigenvalue weighted by Crippen LogP contribution is -2.43. The van der Waals surface area contributed by atoms with E-state index in [4.69, 9.17) is 14.2 Å². The van der Waals surface area contributed by atoms with Crippen LogP contribution in [0.15, 0.2) is 12.1 Å². The van der Waals surface area contributed by atoms with Gasteiger partial charge in [-0.05, 0) is 45.6 Å². The smallest absolute Gasteiger partial charge is 0.277 e. The third kappa shape index (κ3) is 6.03. The van der Waals surface area contributed by atoms with E-state index in [2.05, 4.69) is 9.44 Å². The Morgan fingerprint density at radius 3 is 1.92 bits per heavy atom. The van der Waals surface area contributed by atoms with E-state index in [1.54, 1.807) is 28.1 Å². The lowest BCUT2D eigenvalue weighted by atomic mass is 10.0. The number of methoxy groups -OCH3 is 3. The zero-order chi connectivity index (χ0) is 19.2. The summed E-state index contributed by atoms with van der Waals surface area (Å²) in [5.41, 5.74) is 0.840. The van der Waals surface area contributed by atoms with Crippen molar-refractivity contribution in [1.29, 1.82) is 0 Å². The van der Waals surface area contributed by atoms with Crippen LogP contribution in [0.2, 0.25) is 0 Å². The average molecular weight is 375 g/mol. The summed E-state index contributed by atoms with van der Waals surface area (Å²) in [6.45, 7) is 3.72. The predicted octanol–water partition coefficient (Wildman–Crippen LogP) is 1.15. The zero-order valence-corrected chi connectivity index (χ0v) is 16.7. The fourth-order valence-electron chi connectivity index (χ4n) is 2.43. The molecule has 0 heterocycles. The molecule has 0 aliphatic rings.